The average molecular weight is 271 g/mol. The number of nitrogens with zero attached hydrogens (tertiary/aromatic N) is 1. The Balaban J connectivity index is 2.22. The summed E-state index contributed by atoms with van der Waals surface area (Å²) in [5.74, 6) is -0.0282. The zero-order valence-corrected chi connectivity index (χ0v) is 12.2. The van der Waals surface area contributed by atoms with E-state index < -0.39 is 0 Å². The van der Waals surface area contributed by atoms with Crippen molar-refractivity contribution in [2.45, 2.75) is 39.9 Å². The van der Waals surface area contributed by atoms with Crippen LogP contribution in [0.5, 0.6) is 0 Å². The van der Waals surface area contributed by atoms with Gasteiger partial charge in [0.2, 0.25) is 5.91 Å². The van der Waals surface area contributed by atoms with Crippen molar-refractivity contribution < 1.29 is 14.3 Å². The van der Waals surface area contributed by atoms with E-state index in [4.69, 9.17) is 4.74 Å². The predicted octanol–water partition coefficient (Wildman–Crippen LogP) is 0.577. The number of nitrogens with one attached hydrogen (secondary N) is 2. The van der Waals surface area contributed by atoms with Crippen molar-refractivity contribution in [1.29, 1.82) is 0 Å². The normalized spacial score (nSPS) is 23.3. The first-order valence-corrected chi connectivity index (χ1v) is 6.86. The van der Waals surface area contributed by atoms with E-state index in [1.165, 1.54) is 0 Å². The van der Waals surface area contributed by atoms with E-state index in [1.54, 1.807) is 4.90 Å². The second-order valence-electron chi connectivity index (χ2n) is 5.34. The Hall–Kier alpha value is -1.30. The van der Waals surface area contributed by atoms with Crippen molar-refractivity contribution in [1.82, 2.24) is 15.5 Å². The summed E-state index contributed by atoms with van der Waals surface area (Å²) >= 11 is 0. The van der Waals surface area contributed by atoms with Gasteiger partial charge < -0.3 is 20.3 Å². The summed E-state index contributed by atoms with van der Waals surface area (Å²) in [5, 5.41) is 5.57. The van der Waals surface area contributed by atoms with E-state index >= 15 is 0 Å². The highest BCUT2D eigenvalue weighted by molar-refractivity contribution is 5.78. The molecule has 1 saturated heterocycles. The molecule has 0 aromatic carbocycles. The van der Waals surface area contributed by atoms with Crippen LogP contribution in [0.25, 0.3) is 0 Å². The van der Waals surface area contributed by atoms with Gasteiger partial charge in [0.25, 0.3) is 0 Å². The van der Waals surface area contributed by atoms with Gasteiger partial charge in [-0.15, -0.1) is 0 Å². The van der Waals surface area contributed by atoms with Crippen molar-refractivity contribution in [3.8, 4) is 0 Å². The van der Waals surface area contributed by atoms with Crippen LogP contribution in [0.3, 0.4) is 0 Å². The van der Waals surface area contributed by atoms with Crippen LogP contribution in [0.1, 0.15) is 27.7 Å². The van der Waals surface area contributed by atoms with Gasteiger partial charge in [-0.2, -0.15) is 0 Å². The highest BCUT2D eigenvalue weighted by atomic mass is 16.5. The number of hydrogen-bond acceptors (Lipinski definition) is 3. The van der Waals surface area contributed by atoms with Crippen molar-refractivity contribution >= 4 is 11.9 Å². The maximum atomic E-state index is 11.9. The molecule has 2 atom stereocenters. The molecule has 1 heterocycles. The minimum absolute atomic E-state index is 0.00265. The average Bonchev–Trinajstić information content (AvgIpc) is 2.32. The molecule has 1 aliphatic rings. The third-order valence-corrected chi connectivity index (χ3v) is 2.93. The molecule has 1 fully saturated rings. The summed E-state index contributed by atoms with van der Waals surface area (Å²) < 4.78 is 5.57. The van der Waals surface area contributed by atoms with Gasteiger partial charge in [0.05, 0.1) is 12.2 Å². The zero-order chi connectivity index (χ0) is 14.4. The molecule has 1 aliphatic heterocycles. The van der Waals surface area contributed by atoms with Crippen LogP contribution >= 0.6 is 0 Å². The van der Waals surface area contributed by atoms with Crippen LogP contribution in [-0.2, 0) is 9.53 Å². The first-order chi connectivity index (χ1) is 8.90. The molecule has 3 amide bonds. The van der Waals surface area contributed by atoms with Crippen LogP contribution < -0.4 is 10.6 Å². The number of urea groups is 1. The Morgan fingerprint density at radius 1 is 1.16 bits per heavy atom. The Kier molecular flexibility index (Phi) is 6.08. The lowest BCUT2D eigenvalue weighted by Gasteiger charge is -2.35. The fourth-order valence-electron chi connectivity index (χ4n) is 2.01. The van der Waals surface area contributed by atoms with Crippen LogP contribution in [0.4, 0.5) is 4.79 Å². The first-order valence-electron chi connectivity index (χ1n) is 6.86. The molecule has 2 N–H and O–H groups in total. The summed E-state index contributed by atoms with van der Waals surface area (Å²) in [7, 11) is 0. The van der Waals surface area contributed by atoms with Gasteiger partial charge in [0.1, 0.15) is 0 Å². The van der Waals surface area contributed by atoms with Gasteiger partial charge in [-0.05, 0) is 13.8 Å². The van der Waals surface area contributed by atoms with Crippen molar-refractivity contribution in [2.75, 3.05) is 26.2 Å². The molecule has 6 heteroatoms. The summed E-state index contributed by atoms with van der Waals surface area (Å²) in [5.41, 5.74) is 0. The molecule has 0 radical (unpaired) electrons. The predicted molar refractivity (Wildman–Crippen MR) is 72.8 cm³/mol. The van der Waals surface area contributed by atoms with Crippen molar-refractivity contribution in [3.05, 3.63) is 0 Å². The topological polar surface area (TPSA) is 70.7 Å². The Labute approximate surface area is 114 Å². The van der Waals surface area contributed by atoms with Crippen LogP contribution in [-0.4, -0.2) is 55.2 Å². The maximum absolute atomic E-state index is 11.9. The monoisotopic (exact) mass is 271 g/mol. The SMILES string of the molecule is CC1CN(C(=O)NCCNC(=O)C(C)C)CC(C)O1. The van der Waals surface area contributed by atoms with Gasteiger partial charge >= 0.3 is 6.03 Å². The molecule has 0 bridgehead atoms. The number of morpholine rings is 1. The van der Waals surface area contributed by atoms with Crippen LogP contribution in [0, 0.1) is 5.92 Å². The molecule has 19 heavy (non-hydrogen) atoms. The number of amides is 3. The van der Waals surface area contributed by atoms with Gasteiger partial charge in [-0.3, -0.25) is 4.79 Å². The largest absolute Gasteiger partial charge is 0.372 e. The molecule has 110 valence electrons. The number of carbonyl (C=O) groups is 2. The first kappa shape index (κ1) is 15.8. The number of carbonyl (C=O) groups excluding carboxylic acids is 2. The van der Waals surface area contributed by atoms with E-state index in [2.05, 4.69) is 10.6 Å². The molecular formula is C13H25N3O3. The van der Waals surface area contributed by atoms with E-state index in [1.807, 2.05) is 27.7 Å². The van der Waals surface area contributed by atoms with Gasteiger partial charge in [0.15, 0.2) is 0 Å². The van der Waals surface area contributed by atoms with E-state index in [0.717, 1.165) is 0 Å². The molecule has 0 saturated carbocycles. The molecule has 0 aromatic rings. The summed E-state index contributed by atoms with van der Waals surface area (Å²) in [6, 6.07) is -0.0965. The van der Waals surface area contributed by atoms with E-state index in [0.29, 0.717) is 26.2 Å². The Bertz CT molecular complexity index is 310. The molecule has 0 spiro atoms. The second-order valence-corrected chi connectivity index (χ2v) is 5.34. The maximum Gasteiger partial charge on any atom is 0.317 e. The lowest BCUT2D eigenvalue weighted by atomic mass is 10.2. The van der Waals surface area contributed by atoms with Crippen LogP contribution in [0.2, 0.25) is 0 Å². The lowest BCUT2D eigenvalue weighted by Crippen LogP contribution is -2.52. The minimum atomic E-state index is -0.0965. The molecule has 6 nitrogen and oxygen atoms in total. The number of ether oxygens (including phenoxy) is 1. The quantitative estimate of drug-likeness (QED) is 0.735. The minimum Gasteiger partial charge on any atom is -0.372 e. The molecule has 0 aliphatic carbocycles. The molecule has 1 rings (SSSR count). The standard InChI is InChI=1S/C13H25N3O3/c1-9(2)12(17)14-5-6-15-13(18)16-7-10(3)19-11(4)8-16/h9-11H,5-8H2,1-4H3,(H,14,17)(H,15,18). The smallest absolute Gasteiger partial charge is 0.317 e. The third-order valence-electron chi connectivity index (χ3n) is 2.93. The highest BCUT2D eigenvalue weighted by Crippen LogP contribution is 2.10. The Morgan fingerprint density at radius 2 is 1.68 bits per heavy atom. The second kappa shape index (κ2) is 7.33. The van der Waals surface area contributed by atoms with Crippen LogP contribution in [0.15, 0.2) is 0 Å². The summed E-state index contributed by atoms with van der Waals surface area (Å²) in [6.45, 7) is 9.70. The zero-order valence-electron chi connectivity index (χ0n) is 12.2. The molecule has 2 unspecified atom stereocenters. The third kappa shape index (κ3) is 5.46. The van der Waals surface area contributed by atoms with Crippen molar-refractivity contribution in [3.63, 3.8) is 0 Å². The summed E-state index contributed by atoms with van der Waals surface area (Å²) in [6.07, 6.45) is 0.130. The molecular weight excluding hydrogens is 246 g/mol. The van der Waals surface area contributed by atoms with Gasteiger partial charge in [-0.1, -0.05) is 13.8 Å². The van der Waals surface area contributed by atoms with E-state index in [-0.39, 0.29) is 30.1 Å². The number of rotatable bonds is 4. The number of hydrogen-bond donors (Lipinski definition) is 2. The Morgan fingerprint density at radius 3 is 2.21 bits per heavy atom. The van der Waals surface area contributed by atoms with Gasteiger partial charge in [0, 0.05) is 32.1 Å². The molecule has 0 aromatic heterocycles. The fraction of sp³-hybridized carbons (Fsp3) is 0.846. The lowest BCUT2D eigenvalue weighted by molar-refractivity contribution is -0.123. The van der Waals surface area contributed by atoms with Crippen molar-refractivity contribution in [2.24, 2.45) is 5.92 Å². The van der Waals surface area contributed by atoms with Gasteiger partial charge in [-0.25, -0.2) is 4.79 Å². The summed E-state index contributed by atoms with van der Waals surface area (Å²) in [4.78, 5) is 25.0. The van der Waals surface area contributed by atoms with E-state index in [9.17, 15) is 9.59 Å². The highest BCUT2D eigenvalue weighted by Gasteiger charge is 2.25. The fourth-order valence-corrected chi connectivity index (χ4v) is 2.01.